The van der Waals surface area contributed by atoms with E-state index in [2.05, 4.69) is 56.7 Å². The van der Waals surface area contributed by atoms with Gasteiger partial charge in [-0.2, -0.15) is 4.98 Å². The molecule has 0 radical (unpaired) electrons. The maximum absolute atomic E-state index is 13.0. The van der Waals surface area contributed by atoms with E-state index >= 15 is 0 Å². The van der Waals surface area contributed by atoms with Crippen molar-refractivity contribution in [2.75, 3.05) is 11.4 Å². The minimum absolute atomic E-state index is 0.438. The Hall–Kier alpha value is -5.35. The molecule has 0 spiro atoms. The van der Waals surface area contributed by atoms with Crippen LogP contribution in [0, 0.1) is 27.7 Å². The molecule has 0 saturated heterocycles. The second kappa shape index (κ2) is 11.7. The normalized spacial score (nSPS) is 13.7. The lowest BCUT2D eigenvalue weighted by Gasteiger charge is -2.35. The van der Waals surface area contributed by atoms with Crippen LogP contribution in [0.15, 0.2) is 67.0 Å². The summed E-state index contributed by atoms with van der Waals surface area (Å²) in [5, 5.41) is 12.4. The molecular weight excluding hydrogens is 604 g/mol. The lowest BCUT2D eigenvalue weighted by atomic mass is 9.87. The highest BCUT2D eigenvalue weighted by atomic mass is 16.5. The molecule has 48 heavy (non-hydrogen) atoms. The minimum atomic E-state index is -1.21. The molecule has 0 aliphatic carbocycles. The van der Waals surface area contributed by atoms with Crippen molar-refractivity contribution < 1.29 is 19.4 Å². The topological polar surface area (TPSA) is 115 Å². The molecule has 0 fully saturated rings. The van der Waals surface area contributed by atoms with Gasteiger partial charge in [-0.05, 0) is 83.4 Å². The van der Waals surface area contributed by atoms with Gasteiger partial charge in [-0.15, -0.1) is 0 Å². The van der Waals surface area contributed by atoms with Crippen LogP contribution < -0.4 is 9.64 Å². The van der Waals surface area contributed by atoms with Crippen molar-refractivity contribution in [1.82, 2.24) is 24.5 Å². The van der Waals surface area contributed by atoms with Gasteiger partial charge in [0.1, 0.15) is 5.82 Å². The summed E-state index contributed by atoms with van der Waals surface area (Å²) in [6.07, 6.45) is 2.08. The van der Waals surface area contributed by atoms with E-state index < -0.39 is 17.7 Å². The zero-order valence-corrected chi connectivity index (χ0v) is 28.2. The fourth-order valence-electron chi connectivity index (χ4n) is 6.69. The van der Waals surface area contributed by atoms with Gasteiger partial charge in [0.15, 0.2) is 11.9 Å². The lowest BCUT2D eigenvalue weighted by molar-refractivity contribution is -0.160. The Bertz CT molecular complexity index is 2200. The Morgan fingerprint density at radius 1 is 0.917 bits per heavy atom. The summed E-state index contributed by atoms with van der Waals surface area (Å²) >= 11 is 0. The van der Waals surface area contributed by atoms with Gasteiger partial charge in [-0.1, -0.05) is 42.0 Å². The van der Waals surface area contributed by atoms with Crippen LogP contribution in [0.1, 0.15) is 55.1 Å². The van der Waals surface area contributed by atoms with Gasteiger partial charge in [-0.25, -0.2) is 19.7 Å². The monoisotopic (exact) mass is 642 g/mol. The van der Waals surface area contributed by atoms with Gasteiger partial charge in [0.25, 0.3) is 0 Å². The molecule has 6 aromatic rings. The number of carboxylic acid groups (broad SMARTS) is 1. The third-order valence-corrected chi connectivity index (χ3v) is 8.69. The van der Waals surface area contributed by atoms with Crippen LogP contribution in [0.25, 0.3) is 32.9 Å². The van der Waals surface area contributed by atoms with Crippen molar-refractivity contribution in [2.24, 2.45) is 0 Å². The van der Waals surface area contributed by atoms with Gasteiger partial charge in [-0.3, -0.25) is 0 Å². The zero-order valence-electron chi connectivity index (χ0n) is 28.2. The Kier molecular flexibility index (Phi) is 7.63. The molecule has 7 rings (SSSR count). The average molecular weight is 643 g/mol. The van der Waals surface area contributed by atoms with Crippen LogP contribution >= 0.6 is 0 Å². The zero-order chi connectivity index (χ0) is 33.9. The van der Waals surface area contributed by atoms with Gasteiger partial charge < -0.3 is 24.0 Å². The first-order chi connectivity index (χ1) is 22.9. The molecular formula is C38H38N6O4. The molecule has 244 valence electrons. The van der Waals surface area contributed by atoms with E-state index in [0.29, 0.717) is 42.1 Å². The van der Waals surface area contributed by atoms with E-state index in [9.17, 15) is 9.90 Å². The molecule has 0 unspecified atom stereocenters. The maximum atomic E-state index is 13.0. The number of carboxylic acids is 1. The number of benzene rings is 3. The second-order valence-electron chi connectivity index (χ2n) is 13.3. The average Bonchev–Trinajstić information content (AvgIpc) is 3.38. The van der Waals surface area contributed by atoms with E-state index in [1.165, 1.54) is 0 Å². The molecule has 1 aliphatic heterocycles. The van der Waals surface area contributed by atoms with Crippen LogP contribution in [0.4, 0.5) is 11.6 Å². The van der Waals surface area contributed by atoms with Crippen molar-refractivity contribution in [2.45, 2.75) is 66.7 Å². The molecule has 3 aromatic heterocycles. The lowest BCUT2D eigenvalue weighted by Crippen LogP contribution is -2.32. The first kappa shape index (κ1) is 31.3. The van der Waals surface area contributed by atoms with E-state index in [0.717, 1.165) is 55.4 Å². The summed E-state index contributed by atoms with van der Waals surface area (Å²) in [5.41, 5.74) is 7.42. The molecule has 1 N–H and O–H groups in total. The number of anilines is 2. The summed E-state index contributed by atoms with van der Waals surface area (Å²) in [4.78, 5) is 33.6. The largest absolute Gasteiger partial charge is 0.479 e. The van der Waals surface area contributed by atoms with Crippen LogP contribution in [0.2, 0.25) is 0 Å². The number of ether oxygens (including phenoxy) is 2. The van der Waals surface area contributed by atoms with Crippen molar-refractivity contribution in [3.63, 3.8) is 0 Å². The summed E-state index contributed by atoms with van der Waals surface area (Å²) < 4.78 is 14.8. The Morgan fingerprint density at radius 2 is 1.62 bits per heavy atom. The van der Waals surface area contributed by atoms with Crippen molar-refractivity contribution in [3.05, 3.63) is 95.2 Å². The molecule has 10 nitrogen and oxygen atoms in total. The summed E-state index contributed by atoms with van der Waals surface area (Å²) in [5.74, 6) is 0.926. The van der Waals surface area contributed by atoms with Gasteiger partial charge in [0.2, 0.25) is 11.8 Å². The van der Waals surface area contributed by atoms with Crippen LogP contribution in [-0.2, 0) is 16.1 Å². The number of carbonyl (C=O) groups is 1. The number of aliphatic carboxylic acids is 1. The number of fused-ring (bicyclic) bond motifs is 1. The first-order valence-electron chi connectivity index (χ1n) is 16.0. The van der Waals surface area contributed by atoms with Crippen LogP contribution in [0.3, 0.4) is 0 Å². The number of rotatable bonds is 7. The van der Waals surface area contributed by atoms with E-state index in [-0.39, 0.29) is 0 Å². The quantitative estimate of drug-likeness (QED) is 0.184. The van der Waals surface area contributed by atoms with Gasteiger partial charge in [0.05, 0.1) is 40.1 Å². The maximum Gasteiger partial charge on any atom is 0.337 e. The standard InChI is InChI=1S/C38H38N6O4/c1-21-12-14-25(15-13-21)31-28-18-22(2)43-16-17-44(32(33(28)43)23(3)30(31)34(36(45)46)48-38(5,6)7)37-39-19-26(20-40-37)47-35-27-10-8-9-11-29(27)41-24(4)42-35/h8-15,18-20,34H,16-17H2,1-7H3,(H,45,46)/t34-/m0/s1. The molecule has 0 saturated carbocycles. The second-order valence-corrected chi connectivity index (χ2v) is 13.3. The van der Waals surface area contributed by atoms with Gasteiger partial charge >= 0.3 is 5.97 Å². The highest BCUT2D eigenvalue weighted by Crippen LogP contribution is 2.49. The molecule has 1 atom stereocenters. The molecule has 0 bridgehead atoms. The molecule has 4 heterocycles. The molecule has 10 heteroatoms. The predicted molar refractivity (Wildman–Crippen MR) is 186 cm³/mol. The van der Waals surface area contributed by atoms with E-state index in [1.807, 2.05) is 65.8 Å². The number of hydrogen-bond acceptors (Lipinski definition) is 8. The Balaban J connectivity index is 1.39. The number of hydrogen-bond donors (Lipinski definition) is 1. The number of aryl methyl sites for hydroxylation is 3. The number of aromatic nitrogens is 5. The van der Waals surface area contributed by atoms with Crippen molar-refractivity contribution in [1.29, 1.82) is 0 Å². The van der Waals surface area contributed by atoms with Crippen molar-refractivity contribution in [3.8, 4) is 22.8 Å². The predicted octanol–water partition coefficient (Wildman–Crippen LogP) is 8.16. The Morgan fingerprint density at radius 3 is 2.31 bits per heavy atom. The first-order valence-corrected chi connectivity index (χ1v) is 16.0. The number of nitrogens with zero attached hydrogens (tertiary/aromatic N) is 6. The number of para-hydroxylation sites is 1. The summed E-state index contributed by atoms with van der Waals surface area (Å²) in [6.45, 7) is 14.9. The van der Waals surface area contributed by atoms with Gasteiger partial charge in [0, 0.05) is 29.7 Å². The van der Waals surface area contributed by atoms with E-state index in [4.69, 9.17) is 19.4 Å². The minimum Gasteiger partial charge on any atom is -0.479 e. The smallest absolute Gasteiger partial charge is 0.337 e. The van der Waals surface area contributed by atoms with Crippen molar-refractivity contribution >= 4 is 39.4 Å². The summed E-state index contributed by atoms with van der Waals surface area (Å²) in [6, 6.07) is 18.1. The summed E-state index contributed by atoms with van der Waals surface area (Å²) in [7, 11) is 0. The Labute approximate surface area is 279 Å². The molecule has 0 amide bonds. The third-order valence-electron chi connectivity index (χ3n) is 8.69. The highest BCUT2D eigenvalue weighted by Gasteiger charge is 2.36. The van der Waals surface area contributed by atoms with Crippen LogP contribution in [-0.4, -0.2) is 47.7 Å². The van der Waals surface area contributed by atoms with Crippen LogP contribution in [0.5, 0.6) is 11.6 Å². The third kappa shape index (κ3) is 5.51. The fourth-order valence-corrected chi connectivity index (χ4v) is 6.69. The fraction of sp³-hybridized carbons (Fsp3) is 0.289. The van der Waals surface area contributed by atoms with E-state index in [1.54, 1.807) is 12.4 Å². The molecule has 3 aromatic carbocycles. The SMILES string of the molecule is Cc1ccc(-c2c([C@H](OC(C)(C)C)C(=O)O)c(C)c3c4c2cc(C)n4CCN3c2ncc(Oc3nc(C)nc4ccccc34)cn2)cc1. The molecule has 1 aliphatic rings. The highest BCUT2D eigenvalue weighted by molar-refractivity contribution is 6.08.